The number of nitrogens with zero attached hydrogens (tertiary/aromatic N) is 2. The lowest BCUT2D eigenvalue weighted by Gasteiger charge is -2.28. The van der Waals surface area contributed by atoms with Gasteiger partial charge in [-0.25, -0.2) is 0 Å². The summed E-state index contributed by atoms with van der Waals surface area (Å²) in [5, 5.41) is 3.53. The SMILES string of the molecule is c1ccc(N2SN(C[C@@H]3CCCNC3)c3ccccc32)cc1. The summed E-state index contributed by atoms with van der Waals surface area (Å²) >= 11 is 1.83. The number of rotatable bonds is 3. The van der Waals surface area contributed by atoms with Gasteiger partial charge in [0.15, 0.2) is 0 Å². The van der Waals surface area contributed by atoms with Gasteiger partial charge in [-0.15, -0.1) is 0 Å². The van der Waals surface area contributed by atoms with E-state index in [1.165, 1.54) is 36.4 Å². The average Bonchev–Trinajstić information content (AvgIpc) is 2.96. The summed E-state index contributed by atoms with van der Waals surface area (Å²) in [5.41, 5.74) is 3.87. The zero-order valence-electron chi connectivity index (χ0n) is 12.6. The monoisotopic (exact) mass is 311 g/mol. The van der Waals surface area contributed by atoms with E-state index in [2.05, 4.69) is 68.5 Å². The van der Waals surface area contributed by atoms with Crippen molar-refractivity contribution < 1.29 is 0 Å². The lowest BCUT2D eigenvalue weighted by molar-refractivity contribution is 0.388. The summed E-state index contributed by atoms with van der Waals surface area (Å²) in [6.45, 7) is 3.43. The molecule has 1 N–H and O–H groups in total. The molecule has 2 aliphatic rings. The first-order valence-corrected chi connectivity index (χ1v) is 8.75. The third-order valence-corrected chi connectivity index (χ3v) is 5.48. The highest BCUT2D eigenvalue weighted by molar-refractivity contribution is 8.02. The topological polar surface area (TPSA) is 18.5 Å². The average molecular weight is 311 g/mol. The normalized spacial score (nSPS) is 21.0. The maximum atomic E-state index is 3.53. The van der Waals surface area contributed by atoms with Crippen LogP contribution in [0.15, 0.2) is 54.6 Å². The number of hydrogen-bond acceptors (Lipinski definition) is 4. The first kappa shape index (κ1) is 14.0. The molecule has 3 nitrogen and oxygen atoms in total. The Hall–Kier alpha value is -1.65. The molecule has 1 atom stereocenters. The Balaban J connectivity index is 1.59. The van der Waals surface area contributed by atoms with Gasteiger partial charge in [0.2, 0.25) is 0 Å². The van der Waals surface area contributed by atoms with E-state index in [0.29, 0.717) is 0 Å². The largest absolute Gasteiger partial charge is 0.316 e. The predicted molar refractivity (Wildman–Crippen MR) is 95.6 cm³/mol. The summed E-state index contributed by atoms with van der Waals surface area (Å²) in [6.07, 6.45) is 2.63. The van der Waals surface area contributed by atoms with E-state index >= 15 is 0 Å². The minimum atomic E-state index is 0.741. The Morgan fingerprint density at radius 3 is 2.55 bits per heavy atom. The molecule has 2 aromatic carbocycles. The van der Waals surface area contributed by atoms with Gasteiger partial charge in [0.05, 0.1) is 29.2 Å². The molecule has 22 heavy (non-hydrogen) atoms. The third-order valence-electron chi connectivity index (χ3n) is 4.36. The smallest absolute Gasteiger partial charge is 0.0784 e. The quantitative estimate of drug-likeness (QED) is 0.856. The number of benzene rings is 2. The fourth-order valence-electron chi connectivity index (χ4n) is 3.23. The predicted octanol–water partition coefficient (Wildman–Crippen LogP) is 4.21. The van der Waals surface area contributed by atoms with E-state index in [4.69, 9.17) is 0 Å². The molecule has 1 saturated heterocycles. The van der Waals surface area contributed by atoms with E-state index in [0.717, 1.165) is 19.0 Å². The van der Waals surface area contributed by atoms with Gasteiger partial charge in [-0.05, 0) is 56.1 Å². The Bertz CT molecular complexity index is 625. The van der Waals surface area contributed by atoms with Gasteiger partial charge >= 0.3 is 0 Å². The molecule has 1 fully saturated rings. The molecule has 0 unspecified atom stereocenters. The molecular formula is C18H21N3S. The minimum Gasteiger partial charge on any atom is -0.316 e. The molecule has 0 aromatic heterocycles. The molecule has 0 amide bonds. The van der Waals surface area contributed by atoms with Crippen molar-refractivity contribution in [3.63, 3.8) is 0 Å². The van der Waals surface area contributed by atoms with Crippen LogP contribution >= 0.6 is 12.1 Å². The molecule has 4 heteroatoms. The van der Waals surface area contributed by atoms with Crippen LogP contribution in [-0.2, 0) is 0 Å². The summed E-state index contributed by atoms with van der Waals surface area (Å²) in [6, 6.07) is 19.3. The summed E-state index contributed by atoms with van der Waals surface area (Å²) in [5.74, 6) is 0.741. The Kier molecular flexibility index (Phi) is 3.95. The van der Waals surface area contributed by atoms with Crippen molar-refractivity contribution in [1.82, 2.24) is 5.32 Å². The summed E-state index contributed by atoms with van der Waals surface area (Å²) < 4.78 is 4.80. The van der Waals surface area contributed by atoms with Crippen LogP contribution in [0.3, 0.4) is 0 Å². The van der Waals surface area contributed by atoms with Gasteiger partial charge in [0.1, 0.15) is 0 Å². The van der Waals surface area contributed by atoms with Crippen LogP contribution in [0, 0.1) is 5.92 Å². The number of fused-ring (bicyclic) bond motifs is 1. The van der Waals surface area contributed by atoms with Crippen LogP contribution in [0.4, 0.5) is 17.1 Å². The molecule has 2 aliphatic heterocycles. The lowest BCUT2D eigenvalue weighted by Crippen LogP contribution is -2.35. The second kappa shape index (κ2) is 6.23. The number of hydrogen-bond donors (Lipinski definition) is 1. The van der Waals surface area contributed by atoms with Gasteiger partial charge in [-0.2, -0.15) is 0 Å². The fraction of sp³-hybridized carbons (Fsp3) is 0.333. The van der Waals surface area contributed by atoms with Crippen molar-refractivity contribution in [2.24, 2.45) is 5.92 Å². The zero-order valence-corrected chi connectivity index (χ0v) is 13.4. The molecular weight excluding hydrogens is 290 g/mol. The molecule has 114 valence electrons. The van der Waals surface area contributed by atoms with E-state index in [-0.39, 0.29) is 0 Å². The highest BCUT2D eigenvalue weighted by Gasteiger charge is 2.30. The van der Waals surface area contributed by atoms with Crippen molar-refractivity contribution in [2.75, 3.05) is 28.2 Å². The highest BCUT2D eigenvalue weighted by atomic mass is 32.2. The number of anilines is 3. The van der Waals surface area contributed by atoms with E-state index in [1.807, 2.05) is 12.1 Å². The fourth-order valence-corrected chi connectivity index (χ4v) is 4.40. The van der Waals surface area contributed by atoms with Gasteiger partial charge in [-0.1, -0.05) is 30.3 Å². The molecule has 0 bridgehead atoms. The highest BCUT2D eigenvalue weighted by Crippen LogP contribution is 2.49. The molecule has 0 spiro atoms. The molecule has 0 saturated carbocycles. The van der Waals surface area contributed by atoms with Crippen LogP contribution in [0.2, 0.25) is 0 Å². The van der Waals surface area contributed by atoms with Crippen LogP contribution < -0.4 is 13.9 Å². The van der Waals surface area contributed by atoms with Gasteiger partial charge in [-0.3, -0.25) is 8.61 Å². The number of para-hydroxylation sites is 3. The van der Waals surface area contributed by atoms with Crippen molar-refractivity contribution in [1.29, 1.82) is 0 Å². The Labute approximate surface area is 136 Å². The Morgan fingerprint density at radius 1 is 1.00 bits per heavy atom. The second-order valence-corrected chi connectivity index (χ2v) is 6.94. The standard InChI is InChI=1S/C18H21N3S/c1-2-8-16(9-3-1)21-18-11-5-4-10-17(18)20(22-21)14-15-7-6-12-19-13-15/h1-5,8-11,15,19H,6-7,12-14H2/t15-/m1/s1. The van der Waals surface area contributed by atoms with Crippen LogP contribution in [-0.4, -0.2) is 19.6 Å². The zero-order chi connectivity index (χ0) is 14.8. The van der Waals surface area contributed by atoms with Crippen LogP contribution in [0.1, 0.15) is 12.8 Å². The Morgan fingerprint density at radius 2 is 1.77 bits per heavy atom. The summed E-state index contributed by atoms with van der Waals surface area (Å²) in [7, 11) is 0. The third kappa shape index (κ3) is 2.69. The molecule has 2 heterocycles. The second-order valence-electron chi connectivity index (χ2n) is 5.97. The van der Waals surface area contributed by atoms with E-state index < -0.39 is 0 Å². The summed E-state index contributed by atoms with van der Waals surface area (Å²) in [4.78, 5) is 0. The van der Waals surface area contributed by atoms with E-state index in [9.17, 15) is 0 Å². The maximum Gasteiger partial charge on any atom is 0.0784 e. The first-order chi connectivity index (χ1) is 10.9. The lowest BCUT2D eigenvalue weighted by atomic mass is 9.99. The van der Waals surface area contributed by atoms with E-state index in [1.54, 1.807) is 0 Å². The van der Waals surface area contributed by atoms with Crippen molar-refractivity contribution in [3.8, 4) is 0 Å². The van der Waals surface area contributed by atoms with Crippen molar-refractivity contribution >= 4 is 29.2 Å². The molecule has 2 aromatic rings. The molecule has 0 aliphatic carbocycles. The van der Waals surface area contributed by atoms with Crippen molar-refractivity contribution in [3.05, 3.63) is 54.6 Å². The first-order valence-electron chi connectivity index (χ1n) is 8.02. The number of piperidine rings is 1. The van der Waals surface area contributed by atoms with Gasteiger partial charge in [0.25, 0.3) is 0 Å². The van der Waals surface area contributed by atoms with Crippen LogP contribution in [0.5, 0.6) is 0 Å². The number of nitrogens with one attached hydrogen (secondary N) is 1. The van der Waals surface area contributed by atoms with Gasteiger partial charge in [0, 0.05) is 6.54 Å². The molecule has 0 radical (unpaired) electrons. The minimum absolute atomic E-state index is 0.741. The van der Waals surface area contributed by atoms with Crippen LogP contribution in [0.25, 0.3) is 0 Å². The van der Waals surface area contributed by atoms with Gasteiger partial charge < -0.3 is 5.32 Å². The maximum absolute atomic E-state index is 3.53. The molecule has 4 rings (SSSR count). The van der Waals surface area contributed by atoms with Crippen molar-refractivity contribution in [2.45, 2.75) is 12.8 Å².